The van der Waals surface area contributed by atoms with Crippen LogP contribution in [0.5, 0.6) is 5.75 Å². The van der Waals surface area contributed by atoms with Crippen LogP contribution in [0.25, 0.3) is 0 Å². The first-order valence-electron chi connectivity index (χ1n) is 5.67. The summed E-state index contributed by atoms with van der Waals surface area (Å²) >= 11 is 11.8. The zero-order valence-electron chi connectivity index (χ0n) is 10.1. The van der Waals surface area contributed by atoms with Crippen LogP contribution in [0.3, 0.4) is 0 Å². The van der Waals surface area contributed by atoms with E-state index in [1.807, 2.05) is 6.92 Å². The van der Waals surface area contributed by atoms with Crippen LogP contribution in [-0.4, -0.2) is 5.11 Å². The maximum atomic E-state index is 12.9. The molecule has 0 saturated heterocycles. The Balaban J connectivity index is 2.22. The molecular weight excluding hydrogens is 288 g/mol. The lowest BCUT2D eigenvalue weighted by Gasteiger charge is -2.17. The molecule has 2 nitrogen and oxygen atoms in total. The van der Waals surface area contributed by atoms with Crippen LogP contribution in [0, 0.1) is 5.82 Å². The van der Waals surface area contributed by atoms with Crippen molar-refractivity contribution in [2.45, 2.75) is 13.0 Å². The molecule has 1 atom stereocenters. The van der Waals surface area contributed by atoms with Crippen LogP contribution in [0.2, 0.25) is 10.0 Å². The number of hydrogen-bond donors (Lipinski definition) is 2. The van der Waals surface area contributed by atoms with Gasteiger partial charge in [-0.15, -0.1) is 0 Å². The Morgan fingerprint density at radius 1 is 1.11 bits per heavy atom. The molecule has 19 heavy (non-hydrogen) atoms. The van der Waals surface area contributed by atoms with Gasteiger partial charge in [0.25, 0.3) is 0 Å². The molecule has 2 rings (SSSR count). The molecule has 2 aromatic rings. The topological polar surface area (TPSA) is 32.3 Å². The van der Waals surface area contributed by atoms with E-state index in [-0.39, 0.29) is 11.8 Å². The lowest BCUT2D eigenvalue weighted by Crippen LogP contribution is -2.07. The van der Waals surface area contributed by atoms with E-state index in [0.717, 1.165) is 11.8 Å². The van der Waals surface area contributed by atoms with Crippen LogP contribution in [0.15, 0.2) is 36.4 Å². The van der Waals surface area contributed by atoms with Crippen LogP contribution >= 0.6 is 23.2 Å². The number of phenolic OH excluding ortho intramolecular Hbond substituents is 1. The fourth-order valence-electron chi connectivity index (χ4n) is 1.85. The van der Waals surface area contributed by atoms with Crippen LogP contribution < -0.4 is 5.32 Å². The lowest BCUT2D eigenvalue weighted by atomic mass is 10.1. The SMILES string of the molecule is CC(Nc1cc(Cl)cc(Cl)c1)c1ccc(F)cc1O. The summed E-state index contributed by atoms with van der Waals surface area (Å²) in [4.78, 5) is 0. The quantitative estimate of drug-likeness (QED) is 0.835. The smallest absolute Gasteiger partial charge is 0.126 e. The van der Waals surface area contributed by atoms with E-state index in [1.54, 1.807) is 18.2 Å². The summed E-state index contributed by atoms with van der Waals surface area (Å²) in [6.07, 6.45) is 0. The molecule has 2 N–H and O–H groups in total. The minimum Gasteiger partial charge on any atom is -0.507 e. The van der Waals surface area contributed by atoms with E-state index in [9.17, 15) is 9.50 Å². The van der Waals surface area contributed by atoms with Gasteiger partial charge in [0.05, 0.1) is 6.04 Å². The molecule has 2 aromatic carbocycles. The fraction of sp³-hybridized carbons (Fsp3) is 0.143. The van der Waals surface area contributed by atoms with Gasteiger partial charge in [-0.05, 0) is 31.2 Å². The second-order valence-corrected chi connectivity index (χ2v) is 5.10. The Kier molecular flexibility index (Phi) is 4.17. The predicted molar refractivity (Wildman–Crippen MR) is 76.6 cm³/mol. The van der Waals surface area contributed by atoms with Gasteiger partial charge in [-0.2, -0.15) is 0 Å². The van der Waals surface area contributed by atoms with Gasteiger partial charge in [-0.1, -0.05) is 29.3 Å². The monoisotopic (exact) mass is 299 g/mol. The van der Waals surface area contributed by atoms with Gasteiger partial charge in [0.1, 0.15) is 11.6 Å². The number of nitrogens with one attached hydrogen (secondary N) is 1. The number of aromatic hydroxyl groups is 1. The molecule has 5 heteroatoms. The molecule has 0 heterocycles. The molecule has 0 bridgehead atoms. The molecule has 0 aliphatic carbocycles. The minimum absolute atomic E-state index is 0.0897. The van der Waals surface area contributed by atoms with Crippen molar-refractivity contribution < 1.29 is 9.50 Å². The van der Waals surface area contributed by atoms with Gasteiger partial charge in [0.2, 0.25) is 0 Å². The van der Waals surface area contributed by atoms with Crippen molar-refractivity contribution in [3.05, 3.63) is 57.8 Å². The average Bonchev–Trinajstić information content (AvgIpc) is 2.26. The van der Waals surface area contributed by atoms with Crippen molar-refractivity contribution in [1.82, 2.24) is 0 Å². The summed E-state index contributed by atoms with van der Waals surface area (Å²) in [5.74, 6) is -0.563. The predicted octanol–water partition coefficient (Wildman–Crippen LogP) is 5.01. The van der Waals surface area contributed by atoms with E-state index in [0.29, 0.717) is 15.6 Å². The summed E-state index contributed by atoms with van der Waals surface area (Å²) < 4.78 is 12.9. The second-order valence-electron chi connectivity index (χ2n) is 4.23. The maximum absolute atomic E-state index is 12.9. The second kappa shape index (κ2) is 5.68. The molecule has 0 spiro atoms. The Morgan fingerprint density at radius 2 is 1.74 bits per heavy atom. The fourth-order valence-corrected chi connectivity index (χ4v) is 2.37. The highest BCUT2D eigenvalue weighted by molar-refractivity contribution is 6.35. The van der Waals surface area contributed by atoms with Crippen molar-refractivity contribution in [3.63, 3.8) is 0 Å². The van der Waals surface area contributed by atoms with E-state index >= 15 is 0 Å². The Bertz CT molecular complexity index is 584. The van der Waals surface area contributed by atoms with Crippen molar-refractivity contribution >= 4 is 28.9 Å². The molecule has 0 aromatic heterocycles. The molecule has 0 aliphatic heterocycles. The van der Waals surface area contributed by atoms with E-state index < -0.39 is 5.82 Å². The number of anilines is 1. The third-order valence-corrected chi connectivity index (χ3v) is 3.14. The summed E-state index contributed by atoms with van der Waals surface area (Å²) in [5, 5.41) is 13.9. The van der Waals surface area contributed by atoms with E-state index in [1.165, 1.54) is 12.1 Å². The molecule has 1 unspecified atom stereocenters. The highest BCUT2D eigenvalue weighted by Gasteiger charge is 2.11. The Morgan fingerprint density at radius 3 is 2.32 bits per heavy atom. The number of phenols is 1. The van der Waals surface area contributed by atoms with Crippen LogP contribution in [0.4, 0.5) is 10.1 Å². The van der Waals surface area contributed by atoms with E-state index in [2.05, 4.69) is 5.32 Å². The van der Waals surface area contributed by atoms with Crippen molar-refractivity contribution in [1.29, 1.82) is 0 Å². The third kappa shape index (κ3) is 3.52. The average molecular weight is 300 g/mol. The molecule has 0 amide bonds. The number of rotatable bonds is 3. The largest absolute Gasteiger partial charge is 0.507 e. The van der Waals surface area contributed by atoms with Crippen molar-refractivity contribution in [2.75, 3.05) is 5.32 Å². The molecule has 0 saturated carbocycles. The standard InChI is InChI=1S/C14H12Cl2FNO/c1-8(13-3-2-11(17)7-14(13)19)18-12-5-9(15)4-10(16)6-12/h2-8,18-19H,1H3. The number of benzene rings is 2. The Hall–Kier alpha value is -1.45. The molecule has 100 valence electrons. The van der Waals surface area contributed by atoms with Gasteiger partial charge in [-0.3, -0.25) is 0 Å². The summed E-state index contributed by atoms with van der Waals surface area (Å²) in [7, 11) is 0. The first kappa shape index (κ1) is 14.0. The first-order chi connectivity index (χ1) is 8.95. The van der Waals surface area contributed by atoms with Gasteiger partial charge in [0.15, 0.2) is 0 Å². The van der Waals surface area contributed by atoms with Crippen LogP contribution in [-0.2, 0) is 0 Å². The van der Waals surface area contributed by atoms with Crippen LogP contribution in [0.1, 0.15) is 18.5 Å². The molecule has 0 fully saturated rings. The maximum Gasteiger partial charge on any atom is 0.126 e. The van der Waals surface area contributed by atoms with Gasteiger partial charge >= 0.3 is 0 Å². The van der Waals surface area contributed by atoms with E-state index in [4.69, 9.17) is 23.2 Å². The summed E-state index contributed by atoms with van der Waals surface area (Å²) in [6.45, 7) is 1.85. The zero-order chi connectivity index (χ0) is 14.0. The molecule has 0 aliphatic rings. The van der Waals surface area contributed by atoms with Gasteiger partial charge in [-0.25, -0.2) is 4.39 Å². The van der Waals surface area contributed by atoms with Crippen molar-refractivity contribution in [3.8, 4) is 5.75 Å². The number of halogens is 3. The lowest BCUT2D eigenvalue weighted by molar-refractivity contribution is 0.459. The molecule has 0 radical (unpaired) electrons. The van der Waals surface area contributed by atoms with Crippen molar-refractivity contribution in [2.24, 2.45) is 0 Å². The highest BCUT2D eigenvalue weighted by atomic mass is 35.5. The summed E-state index contributed by atoms with van der Waals surface area (Å²) in [6, 6.07) is 8.80. The third-order valence-electron chi connectivity index (χ3n) is 2.70. The highest BCUT2D eigenvalue weighted by Crippen LogP contribution is 2.29. The first-order valence-corrected chi connectivity index (χ1v) is 6.42. The number of hydrogen-bond acceptors (Lipinski definition) is 2. The van der Waals surface area contributed by atoms with Gasteiger partial charge < -0.3 is 10.4 Å². The minimum atomic E-state index is -0.473. The normalized spacial score (nSPS) is 12.2. The van der Waals surface area contributed by atoms with Gasteiger partial charge in [0, 0.05) is 27.4 Å². The Labute approximate surface area is 120 Å². The molecular formula is C14H12Cl2FNO. The zero-order valence-corrected chi connectivity index (χ0v) is 11.6. The summed E-state index contributed by atoms with van der Waals surface area (Å²) in [5.41, 5.74) is 1.33.